The molecule has 1 unspecified atom stereocenters. The van der Waals surface area contributed by atoms with Gasteiger partial charge < -0.3 is 28.4 Å². The Morgan fingerprint density at radius 3 is 2.05 bits per heavy atom. The van der Waals surface area contributed by atoms with Gasteiger partial charge in [-0.05, 0) is 62.9 Å². The lowest BCUT2D eigenvalue weighted by Crippen LogP contribution is -2.70. The minimum atomic E-state index is -1.30. The van der Waals surface area contributed by atoms with Crippen molar-refractivity contribution >= 4 is 29.7 Å². The molecular formula is C29H40O11. The summed E-state index contributed by atoms with van der Waals surface area (Å²) in [4.78, 5) is 60.9. The van der Waals surface area contributed by atoms with Gasteiger partial charge in [0.05, 0.1) is 5.60 Å². The summed E-state index contributed by atoms with van der Waals surface area (Å²) in [5.41, 5.74) is 0.166. The highest BCUT2D eigenvalue weighted by Gasteiger charge is 2.70. The maximum atomic E-state index is 13.0. The van der Waals surface area contributed by atoms with Crippen molar-refractivity contribution in [1.29, 1.82) is 0 Å². The molecule has 0 aromatic carbocycles. The summed E-state index contributed by atoms with van der Waals surface area (Å²) >= 11 is 0. The third-order valence-corrected chi connectivity index (χ3v) is 9.08. The smallest absolute Gasteiger partial charge is 0.303 e. The van der Waals surface area contributed by atoms with E-state index in [0.717, 1.165) is 18.4 Å². The second-order valence-electron chi connectivity index (χ2n) is 12.3. The molecule has 5 rings (SSSR count). The van der Waals surface area contributed by atoms with E-state index in [4.69, 9.17) is 28.4 Å². The SMILES string of the molecule is CC(=O)OC[C@@H]1O[C@H](OC(C)(C)[C@@H]2CC[C@@]3(C)[C@@H]4C(=O)C=C(C)[C@H]3C24)[C@@H](OC(C)=O)[C@H](OC(C)=O)[C@H]1OC(C)=O. The third kappa shape index (κ3) is 5.42. The Balaban J connectivity index is 1.66. The van der Waals surface area contributed by atoms with E-state index >= 15 is 0 Å². The third-order valence-electron chi connectivity index (χ3n) is 9.08. The summed E-state index contributed by atoms with van der Waals surface area (Å²) in [5.74, 6) is -2.28. The number of rotatable bonds is 8. The molecule has 0 N–H and O–H groups in total. The van der Waals surface area contributed by atoms with Crippen molar-refractivity contribution in [2.75, 3.05) is 6.61 Å². The van der Waals surface area contributed by atoms with Gasteiger partial charge in [0.1, 0.15) is 12.7 Å². The number of ether oxygens (including phenoxy) is 6. The van der Waals surface area contributed by atoms with Crippen LogP contribution in [0, 0.1) is 29.1 Å². The molecule has 0 aromatic heterocycles. The van der Waals surface area contributed by atoms with E-state index in [1.807, 2.05) is 20.8 Å². The van der Waals surface area contributed by atoms with Crippen molar-refractivity contribution in [3.8, 4) is 0 Å². The van der Waals surface area contributed by atoms with Crippen LogP contribution in [-0.2, 0) is 52.4 Å². The van der Waals surface area contributed by atoms with Gasteiger partial charge in [0.15, 0.2) is 30.4 Å². The molecule has 0 aromatic rings. The fraction of sp³-hybridized carbons (Fsp3) is 0.759. The normalized spacial score (nSPS) is 38.4. The lowest BCUT2D eigenvalue weighted by Gasteiger charge is -2.70. The Morgan fingerprint density at radius 1 is 0.925 bits per heavy atom. The summed E-state index contributed by atoms with van der Waals surface area (Å²) in [6, 6.07) is 0. The van der Waals surface area contributed by atoms with Gasteiger partial charge in [-0.15, -0.1) is 0 Å². The Labute approximate surface area is 234 Å². The largest absolute Gasteiger partial charge is 0.463 e. The summed E-state index contributed by atoms with van der Waals surface area (Å²) in [7, 11) is 0. The average molecular weight is 565 g/mol. The Kier molecular flexibility index (Phi) is 8.21. The number of carbonyl (C=O) groups is 5. The van der Waals surface area contributed by atoms with Crippen LogP contribution in [0.15, 0.2) is 11.6 Å². The molecule has 1 aliphatic heterocycles. The van der Waals surface area contributed by atoms with E-state index in [1.54, 1.807) is 6.08 Å². The quantitative estimate of drug-likeness (QED) is 0.317. The van der Waals surface area contributed by atoms with Crippen LogP contribution < -0.4 is 0 Å². The van der Waals surface area contributed by atoms with E-state index in [2.05, 4.69) is 6.92 Å². The van der Waals surface area contributed by atoms with E-state index in [9.17, 15) is 24.0 Å². The number of ketones is 1. The fourth-order valence-corrected chi connectivity index (χ4v) is 7.80. The van der Waals surface area contributed by atoms with E-state index in [1.165, 1.54) is 27.7 Å². The molecule has 10 atom stereocenters. The molecule has 4 fully saturated rings. The van der Waals surface area contributed by atoms with Crippen LogP contribution in [0.25, 0.3) is 0 Å². The van der Waals surface area contributed by atoms with E-state index in [-0.39, 0.29) is 41.5 Å². The van der Waals surface area contributed by atoms with Crippen molar-refractivity contribution in [3.63, 3.8) is 0 Å². The zero-order valence-corrected chi connectivity index (χ0v) is 24.4. The van der Waals surface area contributed by atoms with Gasteiger partial charge >= 0.3 is 23.9 Å². The zero-order chi connectivity index (χ0) is 29.7. The van der Waals surface area contributed by atoms with Crippen molar-refractivity contribution in [1.82, 2.24) is 0 Å². The zero-order valence-electron chi connectivity index (χ0n) is 24.4. The molecule has 11 nitrogen and oxygen atoms in total. The molecule has 3 saturated carbocycles. The predicted octanol–water partition coefficient (Wildman–Crippen LogP) is 2.67. The molecule has 4 aliphatic carbocycles. The Morgan fingerprint density at radius 2 is 1.50 bits per heavy atom. The van der Waals surface area contributed by atoms with Crippen molar-refractivity contribution in [2.45, 2.75) is 105 Å². The van der Waals surface area contributed by atoms with Gasteiger partial charge in [-0.25, -0.2) is 0 Å². The maximum absolute atomic E-state index is 13.0. The van der Waals surface area contributed by atoms with Crippen LogP contribution in [-0.4, -0.2) is 72.6 Å². The topological polar surface area (TPSA) is 141 Å². The summed E-state index contributed by atoms with van der Waals surface area (Å²) < 4.78 is 34.5. The predicted molar refractivity (Wildman–Crippen MR) is 137 cm³/mol. The first kappa shape index (κ1) is 30.2. The highest BCUT2D eigenvalue weighted by molar-refractivity contribution is 5.96. The van der Waals surface area contributed by atoms with Crippen LogP contribution in [0.4, 0.5) is 0 Å². The second-order valence-corrected chi connectivity index (χ2v) is 12.3. The number of esters is 4. The first-order valence-electron chi connectivity index (χ1n) is 13.8. The molecule has 40 heavy (non-hydrogen) atoms. The van der Waals surface area contributed by atoms with E-state index in [0.29, 0.717) is 0 Å². The summed E-state index contributed by atoms with van der Waals surface area (Å²) in [6.45, 7) is 12.4. The average Bonchev–Trinajstić information content (AvgIpc) is 2.80. The van der Waals surface area contributed by atoms with Crippen molar-refractivity contribution in [3.05, 3.63) is 11.6 Å². The first-order valence-corrected chi connectivity index (χ1v) is 13.8. The Hall–Kier alpha value is -2.79. The van der Waals surface area contributed by atoms with Crippen LogP contribution in [0.1, 0.15) is 68.2 Å². The summed E-state index contributed by atoms with van der Waals surface area (Å²) in [6.07, 6.45) is -2.74. The second kappa shape index (κ2) is 10.9. The maximum Gasteiger partial charge on any atom is 0.303 e. The minimum absolute atomic E-state index is 0.0243. The molecule has 11 heteroatoms. The monoisotopic (exact) mass is 564 g/mol. The number of hydrogen-bond donors (Lipinski definition) is 0. The first-order chi connectivity index (χ1) is 18.6. The van der Waals surface area contributed by atoms with Crippen molar-refractivity contribution in [2.24, 2.45) is 29.1 Å². The lowest BCUT2D eigenvalue weighted by molar-refractivity contribution is -0.340. The lowest BCUT2D eigenvalue weighted by atomic mass is 9.34. The van der Waals surface area contributed by atoms with Crippen LogP contribution in [0.5, 0.6) is 0 Å². The highest BCUT2D eigenvalue weighted by atomic mass is 16.7. The standard InChI is InChI=1S/C29H40O11/c1-13-11-19(34)23-21-18(9-10-29(23,8)22(13)21)28(6,7)40-27-26(38-17(5)33)25(37-16(4)32)24(36-15(3)31)20(39-27)12-35-14(2)30/h11,18,20-27H,9-10,12H2,1-8H3/t18-,20+,21?,22+,23-,24+,25-,26+,27-,29-/m1/s1. The molecule has 1 saturated heterocycles. The van der Waals surface area contributed by atoms with Crippen LogP contribution >= 0.6 is 0 Å². The molecule has 5 aliphatic rings. The van der Waals surface area contributed by atoms with Gasteiger partial charge in [0.2, 0.25) is 0 Å². The number of hydrogen-bond acceptors (Lipinski definition) is 11. The molecular weight excluding hydrogens is 524 g/mol. The molecule has 222 valence electrons. The van der Waals surface area contributed by atoms with Gasteiger partial charge in [-0.2, -0.15) is 0 Å². The van der Waals surface area contributed by atoms with Gasteiger partial charge in [0, 0.05) is 33.6 Å². The minimum Gasteiger partial charge on any atom is -0.463 e. The molecule has 0 spiro atoms. The molecule has 0 radical (unpaired) electrons. The van der Waals surface area contributed by atoms with Gasteiger partial charge in [0.25, 0.3) is 0 Å². The van der Waals surface area contributed by atoms with Gasteiger partial charge in [-0.1, -0.05) is 12.5 Å². The van der Waals surface area contributed by atoms with Crippen molar-refractivity contribution < 1.29 is 52.4 Å². The fourth-order valence-electron chi connectivity index (χ4n) is 7.80. The number of allylic oxidation sites excluding steroid dienone is 2. The Bertz CT molecular complexity index is 1110. The van der Waals surface area contributed by atoms with Crippen LogP contribution in [0.2, 0.25) is 0 Å². The van der Waals surface area contributed by atoms with E-state index < -0.39 is 60.2 Å². The molecule has 1 heterocycles. The van der Waals surface area contributed by atoms with Gasteiger partial charge in [-0.3, -0.25) is 24.0 Å². The molecule has 4 bridgehead atoms. The highest BCUT2D eigenvalue weighted by Crippen LogP contribution is 2.71. The number of fused-ring (bicyclic) bond motifs is 2. The van der Waals surface area contributed by atoms with Crippen LogP contribution in [0.3, 0.4) is 0 Å². The molecule has 0 amide bonds. The number of carbonyl (C=O) groups excluding carboxylic acids is 5. The summed E-state index contributed by atoms with van der Waals surface area (Å²) in [5, 5.41) is 0.